The molecule has 0 N–H and O–H groups in total. The first kappa shape index (κ1) is 15.3. The van der Waals surface area contributed by atoms with Gasteiger partial charge in [-0.1, -0.05) is 12.2 Å². The molecule has 1 unspecified atom stereocenters. The minimum Gasteiger partial charge on any atom is -0.493 e. The summed E-state index contributed by atoms with van der Waals surface area (Å²) in [5.41, 5.74) is 0.589. The maximum absolute atomic E-state index is 13.1. The van der Waals surface area contributed by atoms with Gasteiger partial charge in [0.25, 0.3) is 0 Å². The van der Waals surface area contributed by atoms with Crippen LogP contribution in [0.15, 0.2) is 51.7 Å². The summed E-state index contributed by atoms with van der Waals surface area (Å²) in [6.45, 7) is 7.33. The van der Waals surface area contributed by atoms with Crippen molar-refractivity contribution in [3.8, 4) is 11.5 Å². The first-order valence-electron chi connectivity index (χ1n) is 6.38. The zero-order valence-electron chi connectivity index (χ0n) is 12.2. The topological polar surface area (TPSA) is 60.2 Å². The van der Waals surface area contributed by atoms with E-state index in [1.807, 2.05) is 0 Å². The third kappa shape index (κ3) is 2.85. The Labute approximate surface area is 125 Å². The molecule has 0 fully saturated rings. The number of aliphatic imine (C=N–C) groups is 1. The molecule has 1 aliphatic rings. The predicted molar refractivity (Wildman–Crippen MR) is 85.4 cm³/mol. The molecule has 0 saturated carbocycles. The normalized spacial score (nSPS) is 19.8. The smallest absolute Gasteiger partial charge is 0.162 e. The van der Waals surface area contributed by atoms with E-state index in [9.17, 15) is 4.21 Å². The Bertz CT molecular complexity index is 729. The van der Waals surface area contributed by atoms with Crippen molar-refractivity contribution in [3.63, 3.8) is 0 Å². The van der Waals surface area contributed by atoms with Gasteiger partial charge in [-0.15, -0.1) is 13.2 Å². The molecule has 1 atom stereocenters. The molecule has 21 heavy (non-hydrogen) atoms. The SMILES string of the molecule is C=CCC1=Nc2cc(OC)c(OC)cc2S(=O)(CC=C)=N1. The molecule has 0 saturated heterocycles. The van der Waals surface area contributed by atoms with Gasteiger partial charge in [-0.25, -0.2) is 9.20 Å². The molecule has 0 amide bonds. The maximum Gasteiger partial charge on any atom is 0.162 e. The van der Waals surface area contributed by atoms with E-state index < -0.39 is 9.73 Å². The van der Waals surface area contributed by atoms with E-state index in [4.69, 9.17) is 9.47 Å². The average molecular weight is 306 g/mol. The molecule has 0 bridgehead atoms. The lowest BCUT2D eigenvalue weighted by atomic mass is 10.2. The summed E-state index contributed by atoms with van der Waals surface area (Å²) in [4.78, 5) is 4.98. The lowest BCUT2D eigenvalue weighted by molar-refractivity contribution is 0.354. The second-order valence-electron chi connectivity index (χ2n) is 4.38. The number of nitrogens with zero attached hydrogens (tertiary/aromatic N) is 2. The molecule has 0 radical (unpaired) electrons. The second kappa shape index (κ2) is 6.13. The Kier molecular flexibility index (Phi) is 4.47. The number of benzene rings is 1. The largest absolute Gasteiger partial charge is 0.493 e. The van der Waals surface area contributed by atoms with Crippen molar-refractivity contribution in [1.82, 2.24) is 0 Å². The van der Waals surface area contributed by atoms with E-state index in [0.29, 0.717) is 34.3 Å². The monoisotopic (exact) mass is 306 g/mol. The molecule has 112 valence electrons. The fourth-order valence-electron chi connectivity index (χ4n) is 2.07. The molecule has 0 aliphatic carbocycles. The Morgan fingerprint density at radius 1 is 1.19 bits per heavy atom. The van der Waals surface area contributed by atoms with Crippen molar-refractivity contribution < 1.29 is 13.7 Å². The highest BCUT2D eigenvalue weighted by Crippen LogP contribution is 2.40. The Morgan fingerprint density at radius 3 is 2.43 bits per heavy atom. The van der Waals surface area contributed by atoms with E-state index >= 15 is 0 Å². The van der Waals surface area contributed by atoms with Gasteiger partial charge in [0.05, 0.1) is 40.3 Å². The fraction of sp³-hybridized carbons (Fsp3) is 0.267. The van der Waals surface area contributed by atoms with Crippen molar-refractivity contribution in [2.24, 2.45) is 9.36 Å². The van der Waals surface area contributed by atoms with Crippen molar-refractivity contribution in [2.75, 3.05) is 20.0 Å². The number of ether oxygens (including phenoxy) is 2. The number of rotatable bonds is 6. The molecule has 0 aromatic heterocycles. The van der Waals surface area contributed by atoms with Crippen LogP contribution >= 0.6 is 0 Å². The summed E-state index contributed by atoms with van der Waals surface area (Å²) in [5.74, 6) is 1.80. The van der Waals surface area contributed by atoms with E-state index in [1.165, 1.54) is 7.11 Å². The quantitative estimate of drug-likeness (QED) is 0.757. The summed E-state index contributed by atoms with van der Waals surface area (Å²) in [6.07, 6.45) is 3.74. The van der Waals surface area contributed by atoms with E-state index in [1.54, 1.807) is 31.4 Å². The third-order valence-electron chi connectivity index (χ3n) is 2.98. The average Bonchev–Trinajstić information content (AvgIpc) is 2.46. The van der Waals surface area contributed by atoms with Crippen LogP contribution in [0.25, 0.3) is 0 Å². The van der Waals surface area contributed by atoms with Crippen LogP contribution in [-0.4, -0.2) is 30.0 Å². The molecular formula is C15H18N2O3S. The van der Waals surface area contributed by atoms with Gasteiger partial charge in [-0.05, 0) is 0 Å². The number of hydrogen-bond donors (Lipinski definition) is 0. The minimum atomic E-state index is -2.64. The van der Waals surface area contributed by atoms with E-state index in [0.717, 1.165) is 0 Å². The second-order valence-corrected chi connectivity index (χ2v) is 6.62. The zero-order chi connectivity index (χ0) is 15.5. The first-order chi connectivity index (χ1) is 10.1. The lowest BCUT2D eigenvalue weighted by Gasteiger charge is -2.19. The van der Waals surface area contributed by atoms with E-state index in [2.05, 4.69) is 22.5 Å². The molecule has 5 nitrogen and oxygen atoms in total. The standard InChI is InChI=1S/C15H18N2O3S/c1-5-7-15-16-11-9-12(19-3)13(20-4)10-14(11)21(18,17-15)8-6-2/h5-6,9-10H,1-2,7-8H2,3-4H3. The van der Waals surface area contributed by atoms with Crippen LogP contribution in [0.1, 0.15) is 6.42 Å². The number of fused-ring (bicyclic) bond motifs is 1. The predicted octanol–water partition coefficient (Wildman–Crippen LogP) is 3.34. The fourth-order valence-corrected chi connectivity index (χ4v) is 3.92. The van der Waals surface area contributed by atoms with Gasteiger partial charge >= 0.3 is 0 Å². The molecule has 1 heterocycles. The van der Waals surface area contributed by atoms with Crippen LogP contribution in [0.2, 0.25) is 0 Å². The maximum atomic E-state index is 13.1. The van der Waals surface area contributed by atoms with Gasteiger partial charge in [0, 0.05) is 18.6 Å². The summed E-state index contributed by atoms with van der Waals surface area (Å²) in [7, 11) is 0.446. The molecule has 1 aromatic rings. The zero-order valence-corrected chi connectivity index (χ0v) is 13.0. The van der Waals surface area contributed by atoms with Gasteiger partial charge in [0.2, 0.25) is 0 Å². The highest BCUT2D eigenvalue weighted by molar-refractivity contribution is 7.94. The highest BCUT2D eigenvalue weighted by Gasteiger charge is 2.24. The van der Waals surface area contributed by atoms with Gasteiger partial charge < -0.3 is 9.47 Å². The Balaban J connectivity index is 2.72. The number of methoxy groups -OCH3 is 2. The minimum absolute atomic E-state index is 0.256. The highest BCUT2D eigenvalue weighted by atomic mass is 32.2. The van der Waals surface area contributed by atoms with Gasteiger partial charge in [-0.3, -0.25) is 0 Å². The summed E-state index contributed by atoms with van der Waals surface area (Å²) >= 11 is 0. The molecule has 1 aliphatic heterocycles. The van der Waals surface area contributed by atoms with Crippen LogP contribution in [0.4, 0.5) is 5.69 Å². The Hall–Kier alpha value is -2.08. The summed E-state index contributed by atoms with van der Waals surface area (Å²) in [6, 6.07) is 3.40. The Morgan fingerprint density at radius 2 is 1.86 bits per heavy atom. The van der Waals surface area contributed by atoms with Crippen LogP contribution in [0, 0.1) is 0 Å². The van der Waals surface area contributed by atoms with Crippen molar-refractivity contribution in [2.45, 2.75) is 11.3 Å². The van der Waals surface area contributed by atoms with Crippen molar-refractivity contribution in [1.29, 1.82) is 0 Å². The molecule has 6 heteroatoms. The van der Waals surface area contributed by atoms with Crippen LogP contribution < -0.4 is 9.47 Å². The molecular weight excluding hydrogens is 288 g/mol. The van der Waals surface area contributed by atoms with Gasteiger partial charge in [0.1, 0.15) is 5.84 Å². The van der Waals surface area contributed by atoms with Crippen molar-refractivity contribution >= 4 is 21.3 Å². The molecule has 1 aromatic carbocycles. The number of hydrogen-bond acceptors (Lipinski definition) is 5. The van der Waals surface area contributed by atoms with E-state index in [-0.39, 0.29) is 5.75 Å². The summed E-state index contributed by atoms with van der Waals surface area (Å²) < 4.78 is 28.0. The van der Waals surface area contributed by atoms with Crippen LogP contribution in [0.5, 0.6) is 11.5 Å². The van der Waals surface area contributed by atoms with Gasteiger partial charge in [0.15, 0.2) is 11.5 Å². The first-order valence-corrected chi connectivity index (χ1v) is 8.06. The summed E-state index contributed by atoms with van der Waals surface area (Å²) in [5, 5.41) is 0. The molecule has 0 spiro atoms. The van der Waals surface area contributed by atoms with Crippen molar-refractivity contribution in [3.05, 3.63) is 37.4 Å². The van der Waals surface area contributed by atoms with Gasteiger partial charge in [-0.2, -0.15) is 4.36 Å². The number of amidine groups is 1. The lowest BCUT2D eigenvalue weighted by Crippen LogP contribution is -2.13. The van der Waals surface area contributed by atoms with Crippen LogP contribution in [-0.2, 0) is 9.73 Å². The van der Waals surface area contributed by atoms with Crippen LogP contribution in [0.3, 0.4) is 0 Å². The molecule has 2 rings (SSSR count). The third-order valence-corrected chi connectivity index (χ3v) is 5.19.